The number of para-hydroxylation sites is 1. The lowest BCUT2D eigenvalue weighted by Crippen LogP contribution is -2.35. The maximum Gasteiger partial charge on any atom is 0.0458 e. The van der Waals surface area contributed by atoms with Gasteiger partial charge in [-0.1, -0.05) is 24.6 Å². The standard InChI is InChI=1S/C15H20N2/c1-11-14(10-12-6-4-5-9-16-12)13-7-2-3-8-15(13)17-11/h2-3,7-8,12,16-17H,4-6,9-10H2,1H3. The summed E-state index contributed by atoms with van der Waals surface area (Å²) in [6.07, 6.45) is 5.19. The highest BCUT2D eigenvalue weighted by Crippen LogP contribution is 2.24. The monoisotopic (exact) mass is 228 g/mol. The van der Waals surface area contributed by atoms with Crippen molar-refractivity contribution in [1.82, 2.24) is 10.3 Å². The third-order valence-electron chi connectivity index (χ3n) is 3.89. The van der Waals surface area contributed by atoms with E-state index < -0.39 is 0 Å². The average Bonchev–Trinajstić information content (AvgIpc) is 2.68. The summed E-state index contributed by atoms with van der Waals surface area (Å²) in [5.41, 5.74) is 4.11. The van der Waals surface area contributed by atoms with Crippen LogP contribution in [0.1, 0.15) is 30.5 Å². The Labute approximate surface area is 102 Å². The molecule has 0 radical (unpaired) electrons. The van der Waals surface area contributed by atoms with Gasteiger partial charge in [-0.25, -0.2) is 0 Å². The predicted molar refractivity (Wildman–Crippen MR) is 72.4 cm³/mol. The van der Waals surface area contributed by atoms with Crippen LogP contribution in [0.3, 0.4) is 0 Å². The molecule has 0 amide bonds. The summed E-state index contributed by atoms with van der Waals surface area (Å²) in [5, 5.41) is 5.04. The third kappa shape index (κ3) is 2.09. The Balaban J connectivity index is 1.90. The maximum absolute atomic E-state index is 3.64. The summed E-state index contributed by atoms with van der Waals surface area (Å²) in [4.78, 5) is 3.49. The van der Waals surface area contributed by atoms with E-state index in [0.717, 1.165) is 6.42 Å². The Hall–Kier alpha value is -1.28. The molecule has 1 fully saturated rings. The molecule has 0 aliphatic carbocycles. The van der Waals surface area contributed by atoms with E-state index in [1.54, 1.807) is 0 Å². The summed E-state index contributed by atoms with van der Waals surface area (Å²) in [6.45, 7) is 3.38. The van der Waals surface area contributed by atoms with Crippen molar-refractivity contribution in [3.63, 3.8) is 0 Å². The average molecular weight is 228 g/mol. The first kappa shape index (κ1) is 10.8. The molecule has 1 saturated heterocycles. The van der Waals surface area contributed by atoms with Gasteiger partial charge in [0.2, 0.25) is 0 Å². The van der Waals surface area contributed by atoms with Crippen LogP contribution >= 0.6 is 0 Å². The van der Waals surface area contributed by atoms with Gasteiger partial charge in [0, 0.05) is 22.6 Å². The van der Waals surface area contributed by atoms with Crippen LogP contribution in [0, 0.1) is 6.92 Å². The molecule has 1 atom stereocenters. The normalized spacial score (nSPS) is 20.9. The van der Waals surface area contributed by atoms with E-state index in [1.807, 2.05) is 0 Å². The van der Waals surface area contributed by atoms with Gasteiger partial charge in [-0.3, -0.25) is 0 Å². The SMILES string of the molecule is Cc1[nH]c2ccccc2c1CC1CCCCN1. The fourth-order valence-corrected chi connectivity index (χ4v) is 2.94. The molecule has 1 aromatic carbocycles. The second-order valence-corrected chi connectivity index (χ2v) is 5.13. The topological polar surface area (TPSA) is 27.8 Å². The fraction of sp³-hybridized carbons (Fsp3) is 0.467. The van der Waals surface area contributed by atoms with Gasteiger partial charge in [0.1, 0.15) is 0 Å². The molecule has 0 bridgehead atoms. The molecule has 3 rings (SSSR count). The number of hydrogen-bond donors (Lipinski definition) is 2. The molecule has 2 N–H and O–H groups in total. The molecule has 1 aliphatic heterocycles. The van der Waals surface area contributed by atoms with E-state index in [9.17, 15) is 0 Å². The van der Waals surface area contributed by atoms with Gasteiger partial charge in [-0.2, -0.15) is 0 Å². The number of piperidine rings is 1. The van der Waals surface area contributed by atoms with Crippen LogP contribution in [0.4, 0.5) is 0 Å². The predicted octanol–water partition coefficient (Wildman–Crippen LogP) is 3.16. The van der Waals surface area contributed by atoms with Crippen LogP contribution in [-0.2, 0) is 6.42 Å². The van der Waals surface area contributed by atoms with Crippen molar-refractivity contribution in [2.24, 2.45) is 0 Å². The molecule has 1 aliphatic rings. The summed E-state index contributed by atoms with van der Waals surface area (Å²) in [7, 11) is 0. The van der Waals surface area contributed by atoms with Crippen LogP contribution in [0.15, 0.2) is 24.3 Å². The minimum Gasteiger partial charge on any atom is -0.358 e. The smallest absolute Gasteiger partial charge is 0.0458 e. The van der Waals surface area contributed by atoms with Gasteiger partial charge in [-0.05, 0) is 44.4 Å². The first-order chi connectivity index (χ1) is 8.34. The number of aryl methyl sites for hydroxylation is 1. The Bertz CT molecular complexity index is 507. The minimum atomic E-state index is 0.668. The number of nitrogens with one attached hydrogen (secondary N) is 2. The van der Waals surface area contributed by atoms with Gasteiger partial charge in [0.05, 0.1) is 0 Å². The molecule has 90 valence electrons. The Morgan fingerprint density at radius 2 is 2.12 bits per heavy atom. The van der Waals surface area contributed by atoms with Crippen molar-refractivity contribution in [3.8, 4) is 0 Å². The number of benzene rings is 1. The quantitative estimate of drug-likeness (QED) is 0.812. The van der Waals surface area contributed by atoms with Crippen LogP contribution < -0.4 is 5.32 Å². The van der Waals surface area contributed by atoms with Crippen molar-refractivity contribution in [2.45, 2.75) is 38.6 Å². The second-order valence-electron chi connectivity index (χ2n) is 5.13. The van der Waals surface area contributed by atoms with Gasteiger partial charge in [0.25, 0.3) is 0 Å². The third-order valence-corrected chi connectivity index (χ3v) is 3.89. The number of aromatic amines is 1. The lowest BCUT2D eigenvalue weighted by Gasteiger charge is -2.23. The highest BCUT2D eigenvalue weighted by atomic mass is 14.9. The van der Waals surface area contributed by atoms with Gasteiger partial charge < -0.3 is 10.3 Å². The Morgan fingerprint density at radius 1 is 1.24 bits per heavy atom. The summed E-state index contributed by atoms with van der Waals surface area (Å²) >= 11 is 0. The first-order valence-corrected chi connectivity index (χ1v) is 6.64. The summed E-state index contributed by atoms with van der Waals surface area (Å²) in [6, 6.07) is 9.30. The highest BCUT2D eigenvalue weighted by Gasteiger charge is 2.16. The molecule has 2 heteroatoms. The molecular formula is C15H20N2. The number of fused-ring (bicyclic) bond motifs is 1. The van der Waals surface area contributed by atoms with E-state index in [0.29, 0.717) is 6.04 Å². The Kier molecular flexibility index (Phi) is 2.89. The van der Waals surface area contributed by atoms with Crippen LogP contribution in [0.2, 0.25) is 0 Å². The molecule has 2 nitrogen and oxygen atoms in total. The van der Waals surface area contributed by atoms with Crippen LogP contribution in [-0.4, -0.2) is 17.6 Å². The van der Waals surface area contributed by atoms with Crippen molar-refractivity contribution in [1.29, 1.82) is 0 Å². The number of aromatic nitrogens is 1. The van der Waals surface area contributed by atoms with Crippen molar-refractivity contribution in [3.05, 3.63) is 35.5 Å². The van der Waals surface area contributed by atoms with Gasteiger partial charge in [0.15, 0.2) is 0 Å². The summed E-state index contributed by atoms with van der Waals surface area (Å²) in [5.74, 6) is 0. The lowest BCUT2D eigenvalue weighted by atomic mass is 9.96. The lowest BCUT2D eigenvalue weighted by molar-refractivity contribution is 0.399. The van der Waals surface area contributed by atoms with Crippen molar-refractivity contribution < 1.29 is 0 Å². The molecule has 0 saturated carbocycles. The van der Waals surface area contributed by atoms with E-state index in [-0.39, 0.29) is 0 Å². The van der Waals surface area contributed by atoms with Gasteiger partial charge in [-0.15, -0.1) is 0 Å². The highest BCUT2D eigenvalue weighted by molar-refractivity contribution is 5.84. The molecule has 2 heterocycles. The number of H-pyrrole nitrogens is 1. The van der Waals surface area contributed by atoms with Crippen LogP contribution in [0.25, 0.3) is 10.9 Å². The molecule has 0 spiro atoms. The molecular weight excluding hydrogens is 208 g/mol. The van der Waals surface area contributed by atoms with E-state index >= 15 is 0 Å². The Morgan fingerprint density at radius 3 is 2.94 bits per heavy atom. The van der Waals surface area contributed by atoms with E-state index in [2.05, 4.69) is 41.5 Å². The first-order valence-electron chi connectivity index (χ1n) is 6.64. The molecule has 1 aromatic heterocycles. The van der Waals surface area contributed by atoms with E-state index in [4.69, 9.17) is 0 Å². The minimum absolute atomic E-state index is 0.668. The molecule has 2 aromatic rings. The molecule has 17 heavy (non-hydrogen) atoms. The zero-order valence-electron chi connectivity index (χ0n) is 10.4. The van der Waals surface area contributed by atoms with E-state index in [1.165, 1.54) is 48.0 Å². The fourth-order valence-electron chi connectivity index (χ4n) is 2.94. The van der Waals surface area contributed by atoms with Crippen molar-refractivity contribution in [2.75, 3.05) is 6.54 Å². The molecule has 1 unspecified atom stereocenters. The summed E-state index contributed by atoms with van der Waals surface area (Å²) < 4.78 is 0. The van der Waals surface area contributed by atoms with Crippen LogP contribution in [0.5, 0.6) is 0 Å². The number of hydrogen-bond acceptors (Lipinski definition) is 1. The maximum atomic E-state index is 3.64. The second kappa shape index (κ2) is 4.53. The zero-order chi connectivity index (χ0) is 11.7. The van der Waals surface area contributed by atoms with Crippen molar-refractivity contribution >= 4 is 10.9 Å². The largest absolute Gasteiger partial charge is 0.358 e. The van der Waals surface area contributed by atoms with Gasteiger partial charge >= 0.3 is 0 Å². The number of rotatable bonds is 2. The zero-order valence-corrected chi connectivity index (χ0v) is 10.4.